The molecule has 0 fully saturated rings. The van der Waals surface area contributed by atoms with Gasteiger partial charge in [-0.1, -0.05) is 0 Å². The van der Waals surface area contributed by atoms with Crippen molar-refractivity contribution < 1.29 is 16.5 Å². The molecule has 0 spiro atoms. The first-order valence-electron chi connectivity index (χ1n) is 0.983. The quantitative estimate of drug-likeness (QED) is 0.588. The fraction of sp³-hybridized carbons (Fsp3) is 1.00. The normalized spacial score (nSPS) is 6.00. The third-order valence-electron chi connectivity index (χ3n) is 0.167. The average Bonchev–Trinajstić information content (AvgIpc) is 1.37. The molecule has 0 radical (unpaired) electrons. The Morgan fingerprint density at radius 2 is 1.20 bits per heavy atom. The molecule has 0 nitrogen and oxygen atoms in total. The van der Waals surface area contributed by atoms with Crippen LogP contribution >= 0.6 is 0 Å². The molecule has 36 valence electrons. The molecule has 0 aliphatic carbocycles. The van der Waals surface area contributed by atoms with E-state index in [0.29, 0.717) is 0 Å². The maximum Gasteiger partial charge on any atom is 0 e. The van der Waals surface area contributed by atoms with Crippen molar-refractivity contribution in [2.75, 3.05) is 0 Å². The molecule has 5 heavy (non-hydrogen) atoms. The van der Waals surface area contributed by atoms with Crippen LogP contribution in [0.2, 0.25) is 11.6 Å². The molecule has 0 unspecified atom stereocenters. The smallest absolute Gasteiger partial charge is 0 e. The van der Waals surface area contributed by atoms with Gasteiger partial charge in [0, 0.05) is 16.5 Å². The second kappa shape index (κ2) is 9.11. The van der Waals surface area contributed by atoms with E-state index in [0.717, 1.165) is 26.3 Å². The van der Waals surface area contributed by atoms with Crippen LogP contribution in [0.1, 0.15) is 0 Å². The fourth-order valence-electron chi connectivity index (χ4n) is 0. The van der Waals surface area contributed by atoms with Gasteiger partial charge in [0.1, 0.15) is 0 Å². The summed E-state index contributed by atoms with van der Waals surface area (Å²) in [5.74, 6) is 4.54. The number of hydrogen-bond acceptors (Lipinski definition) is 0. The van der Waals surface area contributed by atoms with E-state index < -0.39 is 0 Å². The van der Waals surface area contributed by atoms with E-state index in [1.807, 2.05) is 0 Å². The van der Waals surface area contributed by atoms with Crippen molar-refractivity contribution in [1.82, 2.24) is 0 Å². The molecule has 0 rings (SSSR count). The van der Waals surface area contributed by atoms with Gasteiger partial charge in [-0.25, -0.2) is 0 Å². The minimum absolute atomic E-state index is 0. The van der Waals surface area contributed by atoms with Crippen LogP contribution < -0.4 is 0 Å². The number of rotatable bonds is 1. The summed E-state index contributed by atoms with van der Waals surface area (Å²) >= 11 is 1.96. The van der Waals surface area contributed by atoms with Crippen LogP contribution in [0.3, 0.4) is 0 Å². The molecule has 0 aromatic carbocycles. The van der Waals surface area contributed by atoms with E-state index in [4.69, 9.17) is 0 Å². The third kappa shape index (κ3) is 10.8. The summed E-state index contributed by atoms with van der Waals surface area (Å²) in [7, 11) is 0. The van der Waals surface area contributed by atoms with Gasteiger partial charge in [0.2, 0.25) is 0 Å². The van der Waals surface area contributed by atoms with Crippen LogP contribution in [0, 0.1) is 0 Å². The molecule has 0 aromatic rings. The first-order chi connectivity index (χ1) is 1.91. The van der Waals surface area contributed by atoms with Gasteiger partial charge in [-0.05, 0) is 0 Å². The summed E-state index contributed by atoms with van der Waals surface area (Å²) in [4.78, 5) is 0. The van der Waals surface area contributed by atoms with Gasteiger partial charge < -0.3 is 0 Å². The van der Waals surface area contributed by atoms with Crippen molar-refractivity contribution in [1.29, 1.82) is 0 Å². The Hall–Kier alpha value is 1.53. The van der Waals surface area contributed by atoms with Crippen LogP contribution in [-0.2, 0) is 16.5 Å². The van der Waals surface area contributed by atoms with Crippen molar-refractivity contribution in [3.8, 4) is 0 Å². The summed E-state index contributed by atoms with van der Waals surface area (Å²) in [6.45, 7) is 0. The second-order valence-corrected chi connectivity index (χ2v) is 9.00. The van der Waals surface area contributed by atoms with E-state index in [9.17, 15) is 0 Å². The Labute approximate surface area is 54.3 Å². The molecule has 0 heterocycles. The maximum atomic E-state index is 2.27. The van der Waals surface area contributed by atoms with Crippen molar-refractivity contribution in [2.45, 2.75) is 11.6 Å². The van der Waals surface area contributed by atoms with Crippen LogP contribution in [0.4, 0.5) is 0 Å². The Morgan fingerprint density at radius 1 is 1.00 bits per heavy atom. The molecule has 0 N–H and O–H groups in total. The molecule has 0 aromatic heterocycles. The molecule has 0 aliphatic rings. The van der Waals surface area contributed by atoms with Crippen molar-refractivity contribution in [3.63, 3.8) is 0 Å². The van der Waals surface area contributed by atoms with Crippen LogP contribution in [0.5, 0.6) is 0 Å². The summed E-state index contributed by atoms with van der Waals surface area (Å²) < 4.78 is 0. The number of hydrogen-bond donors (Lipinski definition) is 0. The van der Waals surface area contributed by atoms with Crippen LogP contribution in [0.15, 0.2) is 0 Å². The van der Waals surface area contributed by atoms with Gasteiger partial charge in [0.15, 0.2) is 0 Å². The monoisotopic (exact) mass is 248 g/mol. The van der Waals surface area contributed by atoms with E-state index >= 15 is 0 Å². The summed E-state index contributed by atoms with van der Waals surface area (Å²) in [5.41, 5.74) is 0. The van der Waals surface area contributed by atoms with E-state index in [-0.39, 0.29) is 16.5 Å². The van der Waals surface area contributed by atoms with Crippen LogP contribution in [-0.4, -0.2) is 26.3 Å². The molecule has 0 saturated carbocycles. The average molecular weight is 247 g/mol. The SMILES string of the molecule is C[Se][Se]C.[Ni]. The van der Waals surface area contributed by atoms with Gasteiger partial charge in [-0.15, -0.1) is 0 Å². The van der Waals surface area contributed by atoms with Crippen LogP contribution in [0.25, 0.3) is 0 Å². The minimum Gasteiger partial charge on any atom is 0 e. The Balaban J connectivity index is 0. The van der Waals surface area contributed by atoms with Gasteiger partial charge >= 0.3 is 37.9 Å². The van der Waals surface area contributed by atoms with Crippen molar-refractivity contribution in [3.05, 3.63) is 0 Å². The third-order valence-corrected chi connectivity index (χ3v) is 4.50. The van der Waals surface area contributed by atoms with Gasteiger partial charge in [0.25, 0.3) is 0 Å². The molecule has 0 aliphatic heterocycles. The van der Waals surface area contributed by atoms with Gasteiger partial charge in [-0.3, -0.25) is 0 Å². The zero-order chi connectivity index (χ0) is 3.41. The topological polar surface area (TPSA) is 0 Å². The Morgan fingerprint density at radius 3 is 1.20 bits per heavy atom. The molecular formula is C2H6NiSe2. The molecule has 0 saturated heterocycles. The Kier molecular flexibility index (Phi) is 17.7. The Bertz CT molecular complexity index is 9.61. The maximum absolute atomic E-state index is 2.27. The van der Waals surface area contributed by atoms with E-state index in [1.54, 1.807) is 0 Å². The molecule has 0 bridgehead atoms. The van der Waals surface area contributed by atoms with Crippen molar-refractivity contribution >= 4 is 26.3 Å². The standard InChI is InChI=1S/C2H6Se2.Ni/c1-3-4-2;/h1-2H3;. The van der Waals surface area contributed by atoms with Crippen molar-refractivity contribution in [2.24, 2.45) is 0 Å². The van der Waals surface area contributed by atoms with E-state index in [2.05, 4.69) is 11.6 Å². The predicted octanol–water partition coefficient (Wildman–Crippen LogP) is 0.403. The molecule has 0 amide bonds. The zero-order valence-electron chi connectivity index (χ0n) is 3.13. The van der Waals surface area contributed by atoms with Gasteiger partial charge in [-0.2, -0.15) is 0 Å². The van der Waals surface area contributed by atoms with E-state index in [1.165, 1.54) is 0 Å². The second-order valence-electron chi connectivity index (χ2n) is 0.333. The zero-order valence-corrected chi connectivity index (χ0v) is 7.55. The minimum atomic E-state index is 0. The largest absolute Gasteiger partial charge is 0 e. The summed E-state index contributed by atoms with van der Waals surface area (Å²) in [5, 5.41) is 0. The molecule has 3 heteroatoms. The fourth-order valence-corrected chi connectivity index (χ4v) is 0. The predicted molar refractivity (Wildman–Crippen MR) is 23.2 cm³/mol. The first kappa shape index (κ1) is 9.73. The summed E-state index contributed by atoms with van der Waals surface area (Å²) in [6, 6.07) is 0. The first-order valence-corrected chi connectivity index (χ1v) is 8.74. The van der Waals surface area contributed by atoms with Gasteiger partial charge in [0.05, 0.1) is 0 Å². The molecular weight excluding hydrogens is 241 g/mol. The molecule has 0 atom stereocenters. The summed E-state index contributed by atoms with van der Waals surface area (Å²) in [6.07, 6.45) is 0.